The van der Waals surface area contributed by atoms with Crippen molar-refractivity contribution in [1.29, 1.82) is 0 Å². The zero-order chi connectivity index (χ0) is 13.7. The molecule has 6 heteroatoms. The highest BCUT2D eigenvalue weighted by molar-refractivity contribution is 5.49. The summed E-state index contributed by atoms with van der Waals surface area (Å²) in [4.78, 5) is 13.3. The van der Waals surface area contributed by atoms with Gasteiger partial charge in [0.2, 0.25) is 0 Å². The fourth-order valence-corrected chi connectivity index (χ4v) is 2.00. The third-order valence-corrected chi connectivity index (χ3v) is 3.02. The van der Waals surface area contributed by atoms with Gasteiger partial charge in [0.25, 0.3) is 0 Å². The van der Waals surface area contributed by atoms with E-state index in [1.807, 2.05) is 13.0 Å². The Kier molecular flexibility index (Phi) is 4.93. The highest BCUT2D eigenvalue weighted by atomic mass is 16.5. The molecule has 1 N–H and O–H groups in total. The van der Waals surface area contributed by atoms with Gasteiger partial charge in [-0.1, -0.05) is 0 Å². The molecule has 6 nitrogen and oxygen atoms in total. The van der Waals surface area contributed by atoms with Gasteiger partial charge in [-0.25, -0.2) is 9.97 Å². The Balaban J connectivity index is 2.01. The molecule has 0 amide bonds. The van der Waals surface area contributed by atoms with E-state index in [4.69, 9.17) is 4.74 Å². The topological polar surface area (TPSA) is 53.5 Å². The number of anilines is 2. The Hall–Kier alpha value is -1.40. The lowest BCUT2D eigenvalue weighted by Crippen LogP contribution is -2.37. The first-order chi connectivity index (χ1) is 9.15. The van der Waals surface area contributed by atoms with Crippen LogP contribution in [0, 0.1) is 6.92 Å². The van der Waals surface area contributed by atoms with E-state index >= 15 is 0 Å². The van der Waals surface area contributed by atoms with E-state index in [9.17, 15) is 0 Å². The van der Waals surface area contributed by atoms with Crippen LogP contribution in [0.5, 0.6) is 0 Å². The van der Waals surface area contributed by atoms with Gasteiger partial charge in [-0.15, -0.1) is 0 Å². The zero-order valence-corrected chi connectivity index (χ0v) is 12.0. The van der Waals surface area contributed by atoms with Crippen molar-refractivity contribution in [3.05, 3.63) is 11.9 Å². The molecule has 1 aliphatic rings. The smallest absolute Gasteiger partial charge is 0.134 e. The summed E-state index contributed by atoms with van der Waals surface area (Å²) in [5.74, 6) is 2.69. The van der Waals surface area contributed by atoms with E-state index in [1.54, 1.807) is 0 Å². The fraction of sp³-hybridized carbons (Fsp3) is 0.692. The molecule has 1 saturated heterocycles. The molecule has 0 aliphatic carbocycles. The molecule has 0 saturated carbocycles. The number of hydrogen-bond acceptors (Lipinski definition) is 6. The Morgan fingerprint density at radius 1 is 1.32 bits per heavy atom. The maximum Gasteiger partial charge on any atom is 0.134 e. The first-order valence-corrected chi connectivity index (χ1v) is 6.72. The Morgan fingerprint density at radius 3 is 2.74 bits per heavy atom. The van der Waals surface area contributed by atoms with Crippen LogP contribution in [0.15, 0.2) is 6.07 Å². The number of aromatic nitrogens is 2. The van der Waals surface area contributed by atoms with E-state index in [0.29, 0.717) is 0 Å². The molecule has 0 radical (unpaired) electrons. The van der Waals surface area contributed by atoms with Gasteiger partial charge in [0.15, 0.2) is 0 Å². The summed E-state index contributed by atoms with van der Waals surface area (Å²) in [7, 11) is 4.12. The minimum atomic E-state index is 0.770. The Labute approximate surface area is 114 Å². The molecule has 0 bridgehead atoms. The second-order valence-electron chi connectivity index (χ2n) is 4.99. The minimum Gasteiger partial charge on any atom is -0.378 e. The van der Waals surface area contributed by atoms with E-state index in [2.05, 4.69) is 39.2 Å². The van der Waals surface area contributed by atoms with E-state index in [1.165, 1.54) is 0 Å². The summed E-state index contributed by atoms with van der Waals surface area (Å²) in [5.41, 5.74) is 0. The minimum absolute atomic E-state index is 0.770. The van der Waals surface area contributed by atoms with Crippen LogP contribution in [0.2, 0.25) is 0 Å². The molecule has 2 rings (SSSR count). The van der Waals surface area contributed by atoms with Crippen molar-refractivity contribution in [1.82, 2.24) is 14.9 Å². The maximum atomic E-state index is 5.37. The number of aryl methyl sites for hydroxylation is 1. The summed E-state index contributed by atoms with van der Waals surface area (Å²) in [6, 6.07) is 2.02. The van der Waals surface area contributed by atoms with Crippen molar-refractivity contribution in [2.45, 2.75) is 6.92 Å². The standard InChI is InChI=1S/C13H23N5O/c1-11-15-12(14-4-5-17(2)3)10-13(16-11)18-6-8-19-9-7-18/h10H,4-9H2,1-3H3,(H,14,15,16). The normalized spacial score (nSPS) is 15.9. The van der Waals surface area contributed by atoms with Gasteiger partial charge in [-0.3, -0.25) is 0 Å². The average Bonchev–Trinajstić information content (AvgIpc) is 2.39. The lowest BCUT2D eigenvalue weighted by atomic mass is 10.4. The van der Waals surface area contributed by atoms with Crippen LogP contribution in [0.25, 0.3) is 0 Å². The fourth-order valence-electron chi connectivity index (χ4n) is 2.00. The third kappa shape index (κ3) is 4.33. The molecule has 19 heavy (non-hydrogen) atoms. The Bertz CT molecular complexity index is 404. The SMILES string of the molecule is Cc1nc(NCCN(C)C)cc(N2CCOCC2)n1. The van der Waals surface area contributed by atoms with E-state index in [-0.39, 0.29) is 0 Å². The van der Waals surface area contributed by atoms with Crippen LogP contribution in [0.1, 0.15) is 5.82 Å². The van der Waals surface area contributed by atoms with Crippen molar-refractivity contribution in [2.75, 3.05) is 63.7 Å². The highest BCUT2D eigenvalue weighted by Gasteiger charge is 2.13. The molecule has 2 heterocycles. The van der Waals surface area contributed by atoms with Gasteiger partial charge in [-0.2, -0.15) is 0 Å². The van der Waals surface area contributed by atoms with E-state index in [0.717, 1.165) is 56.9 Å². The summed E-state index contributed by atoms with van der Waals surface area (Å²) in [5, 5.41) is 3.35. The summed E-state index contributed by atoms with van der Waals surface area (Å²) in [6.45, 7) is 7.13. The van der Waals surface area contributed by atoms with Crippen molar-refractivity contribution in [2.24, 2.45) is 0 Å². The van der Waals surface area contributed by atoms with Crippen LogP contribution < -0.4 is 10.2 Å². The monoisotopic (exact) mass is 265 g/mol. The average molecular weight is 265 g/mol. The molecule has 0 atom stereocenters. The van der Waals surface area contributed by atoms with Crippen molar-refractivity contribution < 1.29 is 4.74 Å². The summed E-state index contributed by atoms with van der Waals surface area (Å²) < 4.78 is 5.37. The molecule has 1 aromatic heterocycles. The lowest BCUT2D eigenvalue weighted by Gasteiger charge is -2.28. The number of hydrogen-bond donors (Lipinski definition) is 1. The van der Waals surface area contributed by atoms with Crippen LogP contribution in [-0.2, 0) is 4.74 Å². The van der Waals surface area contributed by atoms with E-state index < -0.39 is 0 Å². The first-order valence-electron chi connectivity index (χ1n) is 6.72. The van der Waals surface area contributed by atoms with Crippen LogP contribution >= 0.6 is 0 Å². The van der Waals surface area contributed by atoms with Crippen molar-refractivity contribution in [3.8, 4) is 0 Å². The summed E-state index contributed by atoms with van der Waals surface area (Å²) in [6.07, 6.45) is 0. The second kappa shape index (κ2) is 6.68. The second-order valence-corrected chi connectivity index (χ2v) is 4.99. The van der Waals surface area contributed by atoms with Gasteiger partial charge >= 0.3 is 0 Å². The van der Waals surface area contributed by atoms with Crippen LogP contribution in [0.3, 0.4) is 0 Å². The highest BCUT2D eigenvalue weighted by Crippen LogP contribution is 2.16. The molecular weight excluding hydrogens is 242 g/mol. The molecule has 0 aromatic carbocycles. The molecule has 1 aliphatic heterocycles. The van der Waals surface area contributed by atoms with Gasteiger partial charge < -0.3 is 19.9 Å². The molecule has 0 unspecified atom stereocenters. The summed E-state index contributed by atoms with van der Waals surface area (Å²) >= 11 is 0. The van der Waals surface area contributed by atoms with Gasteiger partial charge in [0.05, 0.1) is 13.2 Å². The maximum absolute atomic E-state index is 5.37. The number of nitrogens with zero attached hydrogens (tertiary/aromatic N) is 4. The quantitative estimate of drug-likeness (QED) is 0.841. The number of likely N-dealkylation sites (N-methyl/N-ethyl adjacent to an activating group) is 1. The van der Waals surface area contributed by atoms with Crippen LogP contribution in [0.4, 0.5) is 11.6 Å². The number of nitrogens with one attached hydrogen (secondary N) is 1. The predicted octanol–water partition coefficient (Wildman–Crippen LogP) is 0.595. The number of ether oxygens (including phenoxy) is 1. The van der Waals surface area contributed by atoms with Crippen molar-refractivity contribution >= 4 is 11.6 Å². The third-order valence-electron chi connectivity index (χ3n) is 3.02. The number of morpholine rings is 1. The largest absolute Gasteiger partial charge is 0.378 e. The molecule has 0 spiro atoms. The van der Waals surface area contributed by atoms with Crippen LogP contribution in [-0.4, -0.2) is 68.4 Å². The molecular formula is C13H23N5O. The Morgan fingerprint density at radius 2 is 2.05 bits per heavy atom. The predicted molar refractivity (Wildman–Crippen MR) is 76.8 cm³/mol. The van der Waals surface area contributed by atoms with Crippen molar-refractivity contribution in [3.63, 3.8) is 0 Å². The van der Waals surface area contributed by atoms with Gasteiger partial charge in [0.1, 0.15) is 17.5 Å². The molecule has 1 fully saturated rings. The lowest BCUT2D eigenvalue weighted by molar-refractivity contribution is 0.122. The molecule has 1 aromatic rings. The first kappa shape index (κ1) is 14.0. The number of rotatable bonds is 5. The zero-order valence-electron chi connectivity index (χ0n) is 12.0. The van der Waals surface area contributed by atoms with Gasteiger partial charge in [0, 0.05) is 32.2 Å². The van der Waals surface area contributed by atoms with Gasteiger partial charge in [-0.05, 0) is 21.0 Å². The molecule has 106 valence electrons.